The lowest BCUT2D eigenvalue weighted by Gasteiger charge is -2.35. The molecular weight excluding hydrogens is 294 g/mol. The van der Waals surface area contributed by atoms with Gasteiger partial charge in [0.2, 0.25) is 0 Å². The molecule has 2 heterocycles. The molecule has 3 aromatic rings. The van der Waals surface area contributed by atoms with Gasteiger partial charge in [-0.1, -0.05) is 44.2 Å². The third-order valence-electron chi connectivity index (χ3n) is 4.64. The van der Waals surface area contributed by atoms with Crippen molar-refractivity contribution in [1.82, 2.24) is 4.98 Å². The number of nitrogens with zero attached hydrogens (tertiary/aromatic N) is 1. The van der Waals surface area contributed by atoms with Crippen LogP contribution in [0.2, 0.25) is 0 Å². The van der Waals surface area contributed by atoms with Crippen LogP contribution in [0.3, 0.4) is 0 Å². The molecule has 2 nitrogen and oxygen atoms in total. The van der Waals surface area contributed by atoms with Crippen molar-refractivity contribution in [3.8, 4) is 22.8 Å². The lowest BCUT2D eigenvalue weighted by Crippen LogP contribution is -2.24. The summed E-state index contributed by atoms with van der Waals surface area (Å²) in [5.74, 6) is 1.34. The van der Waals surface area contributed by atoms with Gasteiger partial charge in [-0.05, 0) is 43.0 Å². The maximum absolute atomic E-state index is 7.83. The van der Waals surface area contributed by atoms with Crippen molar-refractivity contribution in [2.24, 2.45) is 0 Å². The molecule has 4 rings (SSSR count). The molecule has 0 N–H and O–H groups in total. The first-order valence-electron chi connectivity index (χ1n) is 10.8. The average molecular weight is 321 g/mol. The molecule has 1 aliphatic heterocycles. The number of benzene rings is 2. The molecule has 0 aliphatic carbocycles. The van der Waals surface area contributed by atoms with Gasteiger partial charge in [0, 0.05) is 36.5 Å². The molecule has 0 saturated carbocycles. The van der Waals surface area contributed by atoms with Gasteiger partial charge in [-0.3, -0.25) is 4.98 Å². The molecule has 0 unspecified atom stereocenters. The normalized spacial score (nSPS) is 19.2. The molecule has 2 heteroatoms. The largest absolute Gasteiger partial charge is 0.456 e. The van der Waals surface area contributed by atoms with Gasteiger partial charge in [0.05, 0.1) is 5.69 Å². The van der Waals surface area contributed by atoms with Gasteiger partial charge >= 0.3 is 0 Å². The first kappa shape index (κ1) is 9.63. The molecule has 0 saturated heterocycles. The van der Waals surface area contributed by atoms with Crippen molar-refractivity contribution in [3.63, 3.8) is 0 Å². The lowest BCUT2D eigenvalue weighted by atomic mass is 9.75. The van der Waals surface area contributed by atoms with Gasteiger partial charge in [0.15, 0.2) is 0 Å². The van der Waals surface area contributed by atoms with Crippen LogP contribution in [0.25, 0.3) is 11.3 Å². The summed E-state index contributed by atoms with van der Waals surface area (Å²) in [6.45, 7) is -0.933. The molecule has 1 aromatic heterocycles. The smallest absolute Gasteiger partial charge is 0.140 e. The quantitative estimate of drug-likeness (QED) is 0.565. The van der Waals surface area contributed by atoms with E-state index in [-0.39, 0.29) is 16.5 Å². The molecule has 0 radical (unpaired) electrons. The van der Waals surface area contributed by atoms with E-state index in [1.165, 1.54) is 6.07 Å². The summed E-state index contributed by atoms with van der Waals surface area (Å²) in [5.41, 5.74) is 2.19. The summed E-state index contributed by atoms with van der Waals surface area (Å²) in [5, 5.41) is 0. The van der Waals surface area contributed by atoms with Gasteiger partial charge in [-0.25, -0.2) is 0 Å². The van der Waals surface area contributed by atoms with Crippen molar-refractivity contribution in [3.05, 3.63) is 77.0 Å². The molecular formula is C22H21NO. The summed E-state index contributed by atoms with van der Waals surface area (Å²) < 4.78 is 52.7. The second-order valence-corrected chi connectivity index (χ2v) is 6.52. The van der Waals surface area contributed by atoms with Gasteiger partial charge in [-0.2, -0.15) is 0 Å². The summed E-state index contributed by atoms with van der Waals surface area (Å²) in [6, 6.07) is 14.8. The molecule has 0 fully saturated rings. The van der Waals surface area contributed by atoms with Crippen molar-refractivity contribution >= 4 is 0 Å². The van der Waals surface area contributed by atoms with E-state index in [2.05, 4.69) is 18.8 Å². The molecule has 24 heavy (non-hydrogen) atoms. The van der Waals surface area contributed by atoms with Crippen LogP contribution in [0.5, 0.6) is 11.5 Å². The number of rotatable bonds is 1. The molecule has 1 aliphatic rings. The molecule has 0 amide bonds. The van der Waals surface area contributed by atoms with Gasteiger partial charge in [-0.15, -0.1) is 0 Å². The molecule has 0 atom stereocenters. The Labute approximate surface area is 151 Å². The van der Waals surface area contributed by atoms with Crippen LogP contribution in [-0.2, 0) is 5.41 Å². The minimum absolute atomic E-state index is 0.222. The molecule has 0 bridgehead atoms. The Bertz CT molecular complexity index is 1130. The Hall–Kier alpha value is -2.61. The zero-order valence-corrected chi connectivity index (χ0v) is 13.6. The van der Waals surface area contributed by atoms with E-state index in [9.17, 15) is 0 Å². The third kappa shape index (κ3) is 2.14. The van der Waals surface area contributed by atoms with Crippen LogP contribution in [0.4, 0.5) is 0 Å². The molecule has 120 valence electrons. The standard InChI is InChI=1S/C22H21NO/c1-14-12-19(23-13-15(14)2)16-8-7-10-18-21(16)24-20-11-6-5-9-17(20)22(18,3)4/h5-13H,1-4H3/i1D3,2D3. The predicted molar refractivity (Wildman–Crippen MR) is 97.8 cm³/mol. The Morgan fingerprint density at radius 3 is 2.58 bits per heavy atom. The fraction of sp³-hybridized carbons (Fsp3) is 0.227. The van der Waals surface area contributed by atoms with E-state index in [1.54, 1.807) is 0 Å². The lowest BCUT2D eigenvalue weighted by molar-refractivity contribution is 0.419. The number of ether oxygens (including phenoxy) is 1. The highest BCUT2D eigenvalue weighted by Crippen LogP contribution is 2.50. The number of aromatic nitrogens is 1. The van der Waals surface area contributed by atoms with Gasteiger partial charge in [0.25, 0.3) is 0 Å². The SMILES string of the molecule is [2H]C([2H])([2H])c1cnc(-c2cccc3c2Oc2ccccc2C3(C)C)cc1C([2H])([2H])[2H]. The van der Waals surface area contributed by atoms with Crippen LogP contribution < -0.4 is 4.74 Å². The summed E-state index contributed by atoms with van der Waals surface area (Å²) in [4.78, 5) is 4.31. The Morgan fingerprint density at radius 2 is 1.75 bits per heavy atom. The monoisotopic (exact) mass is 321 g/mol. The van der Waals surface area contributed by atoms with E-state index in [4.69, 9.17) is 13.0 Å². The van der Waals surface area contributed by atoms with Crippen molar-refractivity contribution in [1.29, 1.82) is 0 Å². The fourth-order valence-corrected chi connectivity index (χ4v) is 3.27. The Balaban J connectivity index is 1.93. The van der Waals surface area contributed by atoms with E-state index < -0.39 is 13.7 Å². The van der Waals surface area contributed by atoms with Crippen molar-refractivity contribution < 1.29 is 13.0 Å². The summed E-state index contributed by atoms with van der Waals surface area (Å²) in [6.07, 6.45) is 1.14. The first-order chi connectivity index (χ1) is 13.9. The van der Waals surface area contributed by atoms with Crippen molar-refractivity contribution in [2.45, 2.75) is 33.0 Å². The third-order valence-corrected chi connectivity index (χ3v) is 4.64. The van der Waals surface area contributed by atoms with Crippen LogP contribution in [-0.4, -0.2) is 4.98 Å². The molecule has 0 spiro atoms. The summed E-state index contributed by atoms with van der Waals surface area (Å²) in [7, 11) is 0. The number of hydrogen-bond donors (Lipinski definition) is 0. The number of aryl methyl sites for hydroxylation is 2. The van der Waals surface area contributed by atoms with Crippen LogP contribution in [0.1, 0.15) is 44.3 Å². The van der Waals surface area contributed by atoms with E-state index in [0.29, 0.717) is 17.0 Å². The van der Waals surface area contributed by atoms with E-state index >= 15 is 0 Å². The van der Waals surface area contributed by atoms with Crippen LogP contribution in [0.15, 0.2) is 54.7 Å². The van der Waals surface area contributed by atoms with E-state index in [1.807, 2.05) is 42.5 Å². The first-order valence-corrected chi connectivity index (χ1v) is 7.83. The van der Waals surface area contributed by atoms with Crippen LogP contribution >= 0.6 is 0 Å². The highest BCUT2D eigenvalue weighted by molar-refractivity contribution is 5.74. The maximum Gasteiger partial charge on any atom is 0.140 e. The number of pyridine rings is 1. The number of fused-ring (bicyclic) bond motifs is 2. The second-order valence-electron chi connectivity index (χ2n) is 6.52. The molecule has 2 aromatic carbocycles. The Morgan fingerprint density at radius 1 is 0.958 bits per heavy atom. The number of hydrogen-bond acceptors (Lipinski definition) is 2. The maximum atomic E-state index is 7.83. The second kappa shape index (κ2) is 5.20. The number of para-hydroxylation sites is 2. The van der Waals surface area contributed by atoms with Gasteiger partial charge < -0.3 is 4.74 Å². The minimum Gasteiger partial charge on any atom is -0.456 e. The zero-order chi connectivity index (χ0) is 21.9. The zero-order valence-electron chi connectivity index (χ0n) is 19.6. The highest BCUT2D eigenvalue weighted by Gasteiger charge is 2.35. The fourth-order valence-electron chi connectivity index (χ4n) is 3.27. The van der Waals surface area contributed by atoms with Crippen molar-refractivity contribution in [2.75, 3.05) is 0 Å². The Kier molecular flexibility index (Phi) is 2.09. The topological polar surface area (TPSA) is 22.1 Å². The highest BCUT2D eigenvalue weighted by atomic mass is 16.5. The van der Waals surface area contributed by atoms with E-state index in [0.717, 1.165) is 23.1 Å². The van der Waals surface area contributed by atoms with Crippen LogP contribution in [0, 0.1) is 13.7 Å². The minimum atomic E-state index is -2.58. The average Bonchev–Trinajstić information content (AvgIpc) is 2.66. The summed E-state index contributed by atoms with van der Waals surface area (Å²) >= 11 is 0. The van der Waals surface area contributed by atoms with Gasteiger partial charge in [0.1, 0.15) is 11.5 Å². The predicted octanol–water partition coefficient (Wildman–Crippen LogP) is 5.80.